The lowest BCUT2D eigenvalue weighted by Gasteiger charge is -2.01. The maximum atomic E-state index is 10.3. The van der Waals surface area contributed by atoms with E-state index in [1.54, 1.807) is 0 Å². The van der Waals surface area contributed by atoms with Gasteiger partial charge in [-0.1, -0.05) is 0 Å². The fourth-order valence-corrected chi connectivity index (χ4v) is 0.594. The van der Waals surface area contributed by atoms with E-state index in [9.17, 15) is 4.79 Å². The molecule has 0 amide bonds. The van der Waals surface area contributed by atoms with Crippen molar-refractivity contribution in [1.29, 1.82) is 0 Å². The Kier molecular flexibility index (Phi) is 4.29. The number of rotatable bonds is 4. The van der Waals surface area contributed by atoms with Gasteiger partial charge in [-0.2, -0.15) is 0 Å². The Morgan fingerprint density at radius 3 is 2.45 bits per heavy atom. The van der Waals surface area contributed by atoms with E-state index in [0.29, 0.717) is 18.5 Å². The van der Waals surface area contributed by atoms with Gasteiger partial charge in [-0.05, 0) is 19.8 Å². The van der Waals surface area contributed by atoms with Crippen molar-refractivity contribution >= 4 is 5.97 Å². The molecule has 64 valence electrons. The van der Waals surface area contributed by atoms with Gasteiger partial charge in [0, 0.05) is 12.3 Å². The number of nitrogens with two attached hydrogens (primary N) is 1. The van der Waals surface area contributed by atoms with Crippen LogP contribution in [0.15, 0.2) is 11.3 Å². The highest BCUT2D eigenvalue weighted by Gasteiger charge is 2.04. The quantitative estimate of drug-likeness (QED) is 0.507. The zero-order valence-corrected chi connectivity index (χ0v) is 6.50. The highest BCUT2D eigenvalue weighted by atomic mass is 16.4. The lowest BCUT2D eigenvalue weighted by molar-refractivity contribution is -0.132. The molecular weight excluding hydrogens is 146 g/mol. The molecule has 0 unspecified atom stereocenters. The van der Waals surface area contributed by atoms with E-state index in [0.717, 1.165) is 0 Å². The number of carbonyl (C=O) groups is 1. The van der Waals surface area contributed by atoms with E-state index in [4.69, 9.17) is 15.9 Å². The number of aliphatic carboxylic acids is 1. The number of hydrogen-bond donors (Lipinski definition) is 3. The zero-order valence-electron chi connectivity index (χ0n) is 6.50. The molecule has 0 aliphatic carbocycles. The Morgan fingerprint density at radius 1 is 1.55 bits per heavy atom. The van der Waals surface area contributed by atoms with Crippen LogP contribution >= 0.6 is 0 Å². The first-order valence-corrected chi connectivity index (χ1v) is 3.39. The van der Waals surface area contributed by atoms with E-state index in [-0.39, 0.29) is 12.2 Å². The number of carboxylic acids is 1. The van der Waals surface area contributed by atoms with Crippen molar-refractivity contribution < 1.29 is 15.0 Å². The summed E-state index contributed by atoms with van der Waals surface area (Å²) in [6, 6.07) is 0. The Bertz CT molecular complexity index is 175. The SMILES string of the molecule is CC(C(=O)O)=C(N)CCCO. The van der Waals surface area contributed by atoms with Gasteiger partial charge >= 0.3 is 5.97 Å². The van der Waals surface area contributed by atoms with Crippen LogP contribution in [0.2, 0.25) is 0 Å². The third-order valence-corrected chi connectivity index (χ3v) is 1.41. The minimum atomic E-state index is -1.000. The van der Waals surface area contributed by atoms with Gasteiger partial charge in [-0.3, -0.25) is 0 Å². The van der Waals surface area contributed by atoms with Crippen LogP contribution < -0.4 is 5.73 Å². The molecule has 0 aliphatic rings. The zero-order chi connectivity index (χ0) is 8.85. The van der Waals surface area contributed by atoms with Gasteiger partial charge in [-0.15, -0.1) is 0 Å². The molecule has 0 heterocycles. The Labute approximate surface area is 65.3 Å². The molecule has 0 radical (unpaired) electrons. The molecule has 0 aliphatic heterocycles. The summed E-state index contributed by atoms with van der Waals surface area (Å²) in [5.41, 5.74) is 5.90. The highest BCUT2D eigenvalue weighted by molar-refractivity contribution is 5.86. The van der Waals surface area contributed by atoms with Crippen LogP contribution in [0.1, 0.15) is 19.8 Å². The van der Waals surface area contributed by atoms with Crippen molar-refractivity contribution in [2.75, 3.05) is 6.61 Å². The maximum absolute atomic E-state index is 10.3. The van der Waals surface area contributed by atoms with Crippen LogP contribution in [0.25, 0.3) is 0 Å². The summed E-state index contributed by atoms with van der Waals surface area (Å²) in [6.45, 7) is 1.49. The highest BCUT2D eigenvalue weighted by Crippen LogP contribution is 2.04. The lowest BCUT2D eigenvalue weighted by Crippen LogP contribution is -2.08. The fourth-order valence-electron chi connectivity index (χ4n) is 0.594. The minimum Gasteiger partial charge on any atom is -0.478 e. The van der Waals surface area contributed by atoms with Gasteiger partial charge in [0.05, 0.1) is 5.57 Å². The standard InChI is InChI=1S/C7H13NO3/c1-5(7(10)11)6(8)3-2-4-9/h9H,2-4,8H2,1H3,(H,10,11). The van der Waals surface area contributed by atoms with Gasteiger partial charge in [0.25, 0.3) is 0 Å². The average molecular weight is 159 g/mol. The molecule has 0 saturated carbocycles. The molecule has 0 atom stereocenters. The first-order valence-electron chi connectivity index (χ1n) is 3.39. The monoisotopic (exact) mass is 159 g/mol. The summed E-state index contributed by atoms with van der Waals surface area (Å²) < 4.78 is 0. The normalized spacial score (nSPS) is 12.5. The molecule has 11 heavy (non-hydrogen) atoms. The lowest BCUT2D eigenvalue weighted by atomic mass is 10.1. The van der Waals surface area contributed by atoms with Gasteiger partial charge in [0.15, 0.2) is 0 Å². The van der Waals surface area contributed by atoms with E-state index >= 15 is 0 Å². The van der Waals surface area contributed by atoms with E-state index < -0.39 is 5.97 Å². The van der Waals surface area contributed by atoms with Crippen molar-refractivity contribution in [2.24, 2.45) is 5.73 Å². The predicted molar refractivity (Wildman–Crippen MR) is 40.8 cm³/mol. The van der Waals surface area contributed by atoms with Crippen LogP contribution in [0.5, 0.6) is 0 Å². The Hall–Kier alpha value is -1.03. The molecule has 0 fully saturated rings. The second-order valence-corrected chi connectivity index (χ2v) is 2.28. The van der Waals surface area contributed by atoms with Gasteiger partial charge in [-0.25, -0.2) is 4.79 Å². The molecule has 0 bridgehead atoms. The summed E-state index contributed by atoms with van der Waals surface area (Å²) in [5, 5.41) is 16.9. The van der Waals surface area contributed by atoms with E-state index in [1.807, 2.05) is 0 Å². The van der Waals surface area contributed by atoms with Crippen molar-refractivity contribution in [3.05, 3.63) is 11.3 Å². The second-order valence-electron chi connectivity index (χ2n) is 2.28. The summed E-state index contributed by atoms with van der Waals surface area (Å²) in [7, 11) is 0. The van der Waals surface area contributed by atoms with Crippen LogP contribution in [0.4, 0.5) is 0 Å². The van der Waals surface area contributed by atoms with Crippen molar-refractivity contribution in [2.45, 2.75) is 19.8 Å². The number of allylic oxidation sites excluding steroid dienone is 1. The molecule has 0 aromatic heterocycles. The smallest absolute Gasteiger partial charge is 0.333 e. The first-order chi connectivity index (χ1) is 5.09. The third kappa shape index (κ3) is 3.62. The molecular formula is C7H13NO3. The third-order valence-electron chi connectivity index (χ3n) is 1.41. The van der Waals surface area contributed by atoms with Crippen LogP contribution in [-0.2, 0) is 4.79 Å². The van der Waals surface area contributed by atoms with Gasteiger partial charge in [0.1, 0.15) is 0 Å². The average Bonchev–Trinajstić information content (AvgIpc) is 1.98. The first kappa shape index (κ1) is 9.97. The molecule has 4 heteroatoms. The number of carboxylic acid groups (broad SMARTS) is 1. The fraction of sp³-hybridized carbons (Fsp3) is 0.571. The molecule has 0 spiro atoms. The van der Waals surface area contributed by atoms with Crippen LogP contribution in [0, 0.1) is 0 Å². The number of aliphatic hydroxyl groups is 1. The van der Waals surface area contributed by atoms with Crippen molar-refractivity contribution in [3.8, 4) is 0 Å². The summed E-state index contributed by atoms with van der Waals surface area (Å²) in [6.07, 6.45) is 0.949. The Balaban J connectivity index is 4.05. The minimum absolute atomic E-state index is 0.0353. The summed E-state index contributed by atoms with van der Waals surface area (Å²) in [4.78, 5) is 10.3. The van der Waals surface area contributed by atoms with Gasteiger partial charge < -0.3 is 15.9 Å². The molecule has 0 aromatic rings. The molecule has 0 saturated heterocycles. The second kappa shape index (κ2) is 4.73. The molecule has 4 nitrogen and oxygen atoms in total. The largest absolute Gasteiger partial charge is 0.478 e. The Morgan fingerprint density at radius 2 is 2.09 bits per heavy atom. The molecule has 4 N–H and O–H groups in total. The molecule has 0 aromatic carbocycles. The predicted octanol–water partition coefficient (Wildman–Crippen LogP) is 0.0762. The molecule has 0 rings (SSSR count). The van der Waals surface area contributed by atoms with Gasteiger partial charge in [0.2, 0.25) is 0 Å². The topological polar surface area (TPSA) is 83.5 Å². The number of hydrogen-bond acceptors (Lipinski definition) is 3. The van der Waals surface area contributed by atoms with Crippen molar-refractivity contribution in [1.82, 2.24) is 0 Å². The number of aliphatic hydroxyl groups excluding tert-OH is 1. The maximum Gasteiger partial charge on any atom is 0.333 e. The summed E-state index contributed by atoms with van der Waals surface area (Å²) >= 11 is 0. The van der Waals surface area contributed by atoms with Crippen molar-refractivity contribution in [3.63, 3.8) is 0 Å². The van der Waals surface area contributed by atoms with E-state index in [2.05, 4.69) is 0 Å². The van der Waals surface area contributed by atoms with Crippen LogP contribution in [0.3, 0.4) is 0 Å². The summed E-state index contributed by atoms with van der Waals surface area (Å²) in [5.74, 6) is -1.000. The van der Waals surface area contributed by atoms with Crippen LogP contribution in [-0.4, -0.2) is 22.8 Å². The van der Waals surface area contributed by atoms with E-state index in [1.165, 1.54) is 6.92 Å².